The fourth-order valence-corrected chi connectivity index (χ4v) is 1.60. The topological polar surface area (TPSA) is 97.7 Å². The molecule has 0 aromatic rings. The largest absolute Gasteiger partial charge is 0.481 e. The minimum Gasteiger partial charge on any atom is -0.481 e. The van der Waals surface area contributed by atoms with Gasteiger partial charge in [-0.25, -0.2) is 0 Å². The second-order valence-electron chi connectivity index (χ2n) is 3.70. The van der Waals surface area contributed by atoms with Gasteiger partial charge in [-0.2, -0.15) is 0 Å². The van der Waals surface area contributed by atoms with Crippen molar-refractivity contribution in [3.63, 3.8) is 0 Å². The minimum atomic E-state index is -1.33. The molecule has 1 saturated carbocycles. The van der Waals surface area contributed by atoms with Gasteiger partial charge in [0.25, 0.3) is 0 Å². The zero-order valence-electron chi connectivity index (χ0n) is 9.05. The molecule has 1 rings (SSSR count). The van der Waals surface area contributed by atoms with Crippen molar-refractivity contribution < 1.29 is 29.0 Å². The summed E-state index contributed by atoms with van der Waals surface area (Å²) in [6.07, 6.45) is 0.501. The van der Waals surface area contributed by atoms with Gasteiger partial charge in [-0.3, -0.25) is 19.2 Å². The highest BCUT2D eigenvalue weighted by molar-refractivity contribution is 6.12. The number of carbonyl (C=O) groups excluding carboxylic acids is 3. The van der Waals surface area contributed by atoms with Crippen molar-refractivity contribution in [2.75, 3.05) is 6.61 Å². The number of aliphatic carboxylic acids is 1. The van der Waals surface area contributed by atoms with Crippen LogP contribution in [0.2, 0.25) is 0 Å². The SMILES string of the molecule is C=CCOC(=O)C1CC(=O)C(C(=O)O)CC1=O. The molecule has 0 heterocycles. The molecule has 1 aliphatic carbocycles. The molecule has 6 nitrogen and oxygen atoms in total. The number of Topliss-reactive ketones (excluding diaryl/α,β-unsaturated/α-hetero) is 2. The lowest BCUT2D eigenvalue weighted by Crippen LogP contribution is -2.40. The van der Waals surface area contributed by atoms with E-state index < -0.39 is 48.2 Å². The van der Waals surface area contributed by atoms with Gasteiger partial charge in [-0.05, 0) is 0 Å². The molecule has 1 aliphatic rings. The zero-order chi connectivity index (χ0) is 13.0. The van der Waals surface area contributed by atoms with Crippen LogP contribution in [-0.2, 0) is 23.9 Å². The Bertz CT molecular complexity index is 383. The van der Waals surface area contributed by atoms with E-state index in [1.807, 2.05) is 0 Å². The molecular weight excluding hydrogens is 228 g/mol. The lowest BCUT2D eigenvalue weighted by Gasteiger charge is -2.22. The van der Waals surface area contributed by atoms with Crippen LogP contribution in [0.5, 0.6) is 0 Å². The van der Waals surface area contributed by atoms with Crippen molar-refractivity contribution in [3.05, 3.63) is 12.7 Å². The molecule has 92 valence electrons. The Morgan fingerprint density at radius 3 is 2.35 bits per heavy atom. The van der Waals surface area contributed by atoms with Gasteiger partial charge < -0.3 is 9.84 Å². The quantitative estimate of drug-likeness (QED) is 0.421. The highest BCUT2D eigenvalue weighted by Gasteiger charge is 2.42. The lowest BCUT2D eigenvalue weighted by molar-refractivity contribution is -0.160. The fraction of sp³-hybridized carbons (Fsp3) is 0.455. The first kappa shape index (κ1) is 13.1. The Morgan fingerprint density at radius 1 is 1.29 bits per heavy atom. The van der Waals surface area contributed by atoms with Crippen LogP contribution in [0.4, 0.5) is 0 Å². The normalized spacial score (nSPS) is 24.2. The van der Waals surface area contributed by atoms with E-state index in [2.05, 4.69) is 11.3 Å². The van der Waals surface area contributed by atoms with Gasteiger partial charge >= 0.3 is 11.9 Å². The molecule has 0 saturated heterocycles. The number of hydrogen-bond acceptors (Lipinski definition) is 5. The van der Waals surface area contributed by atoms with Crippen LogP contribution < -0.4 is 0 Å². The number of carbonyl (C=O) groups is 4. The molecule has 1 N–H and O–H groups in total. The highest BCUT2D eigenvalue weighted by Crippen LogP contribution is 2.24. The molecule has 0 amide bonds. The summed E-state index contributed by atoms with van der Waals surface area (Å²) < 4.78 is 4.67. The summed E-state index contributed by atoms with van der Waals surface area (Å²) in [5.41, 5.74) is 0. The Labute approximate surface area is 97.2 Å². The Kier molecular flexibility index (Phi) is 4.14. The molecule has 17 heavy (non-hydrogen) atoms. The van der Waals surface area contributed by atoms with Gasteiger partial charge in [0.05, 0.1) is 0 Å². The second kappa shape index (κ2) is 5.38. The molecular formula is C11H12O6. The van der Waals surface area contributed by atoms with Crippen molar-refractivity contribution >= 4 is 23.5 Å². The van der Waals surface area contributed by atoms with Crippen LogP contribution in [0.25, 0.3) is 0 Å². The number of rotatable bonds is 4. The van der Waals surface area contributed by atoms with E-state index in [0.717, 1.165) is 0 Å². The van der Waals surface area contributed by atoms with E-state index in [4.69, 9.17) is 5.11 Å². The maximum atomic E-state index is 11.5. The van der Waals surface area contributed by atoms with Crippen molar-refractivity contribution in [1.29, 1.82) is 0 Å². The minimum absolute atomic E-state index is 0.0425. The molecule has 6 heteroatoms. The molecule has 0 aromatic carbocycles. The third kappa shape index (κ3) is 2.99. The van der Waals surface area contributed by atoms with E-state index >= 15 is 0 Å². The number of carboxylic acids is 1. The van der Waals surface area contributed by atoms with Gasteiger partial charge in [0.1, 0.15) is 30.0 Å². The van der Waals surface area contributed by atoms with E-state index in [-0.39, 0.29) is 6.61 Å². The van der Waals surface area contributed by atoms with Gasteiger partial charge in [0.2, 0.25) is 0 Å². The fourth-order valence-electron chi connectivity index (χ4n) is 1.60. The number of esters is 1. The maximum Gasteiger partial charge on any atom is 0.317 e. The third-order valence-electron chi connectivity index (χ3n) is 2.51. The predicted octanol–water partition coefficient (Wildman–Crippen LogP) is -0.0354. The summed E-state index contributed by atoms with van der Waals surface area (Å²) in [5, 5.41) is 8.69. The van der Waals surface area contributed by atoms with Crippen LogP contribution in [0, 0.1) is 11.8 Å². The van der Waals surface area contributed by atoms with Crippen LogP contribution >= 0.6 is 0 Å². The van der Waals surface area contributed by atoms with Gasteiger partial charge in [-0.15, -0.1) is 0 Å². The van der Waals surface area contributed by atoms with Gasteiger partial charge in [-0.1, -0.05) is 12.7 Å². The van der Waals surface area contributed by atoms with Crippen molar-refractivity contribution in [2.24, 2.45) is 11.8 Å². The summed E-state index contributed by atoms with van der Waals surface area (Å²) in [4.78, 5) is 45.0. The number of ketones is 2. The standard InChI is InChI=1S/C11H12O6/c1-2-3-17-11(16)7-5-8(12)6(10(14)15)4-9(7)13/h2,6-7H,1,3-5H2,(H,14,15). The van der Waals surface area contributed by atoms with E-state index in [0.29, 0.717) is 0 Å². The molecule has 0 bridgehead atoms. The molecule has 2 atom stereocenters. The van der Waals surface area contributed by atoms with Crippen LogP contribution in [-0.4, -0.2) is 35.2 Å². The molecule has 0 radical (unpaired) electrons. The lowest BCUT2D eigenvalue weighted by atomic mass is 9.80. The van der Waals surface area contributed by atoms with E-state index in [1.165, 1.54) is 6.08 Å². The second-order valence-corrected chi connectivity index (χ2v) is 3.70. The molecule has 0 aliphatic heterocycles. The zero-order valence-corrected chi connectivity index (χ0v) is 9.05. The first-order valence-electron chi connectivity index (χ1n) is 5.03. The molecule has 1 fully saturated rings. The Morgan fingerprint density at radius 2 is 1.82 bits per heavy atom. The first-order chi connectivity index (χ1) is 7.97. The van der Waals surface area contributed by atoms with Crippen LogP contribution in [0.1, 0.15) is 12.8 Å². The third-order valence-corrected chi connectivity index (χ3v) is 2.51. The number of hydrogen-bond donors (Lipinski definition) is 1. The average molecular weight is 240 g/mol. The smallest absolute Gasteiger partial charge is 0.317 e. The van der Waals surface area contributed by atoms with Crippen molar-refractivity contribution in [3.8, 4) is 0 Å². The van der Waals surface area contributed by atoms with Crippen molar-refractivity contribution in [2.45, 2.75) is 12.8 Å². The summed E-state index contributed by atoms with van der Waals surface area (Å²) in [5.74, 6) is -5.80. The molecule has 2 unspecified atom stereocenters. The molecule has 0 spiro atoms. The van der Waals surface area contributed by atoms with Crippen LogP contribution in [0.15, 0.2) is 12.7 Å². The first-order valence-corrected chi connectivity index (χ1v) is 5.03. The Balaban J connectivity index is 2.70. The summed E-state index contributed by atoms with van der Waals surface area (Å²) in [6, 6.07) is 0. The summed E-state index contributed by atoms with van der Waals surface area (Å²) in [7, 11) is 0. The van der Waals surface area contributed by atoms with Gasteiger partial charge in [0.15, 0.2) is 0 Å². The van der Waals surface area contributed by atoms with E-state index in [1.54, 1.807) is 0 Å². The maximum absolute atomic E-state index is 11.5. The average Bonchev–Trinajstić information content (AvgIpc) is 2.28. The van der Waals surface area contributed by atoms with Crippen molar-refractivity contribution in [1.82, 2.24) is 0 Å². The summed E-state index contributed by atoms with van der Waals surface area (Å²) >= 11 is 0. The predicted molar refractivity (Wildman–Crippen MR) is 55.0 cm³/mol. The molecule has 0 aromatic heterocycles. The summed E-state index contributed by atoms with van der Waals surface area (Å²) in [6.45, 7) is 3.30. The monoisotopic (exact) mass is 240 g/mol. The van der Waals surface area contributed by atoms with Gasteiger partial charge in [0, 0.05) is 12.8 Å². The Hall–Kier alpha value is -1.98. The number of ether oxygens (including phenoxy) is 1. The van der Waals surface area contributed by atoms with E-state index in [9.17, 15) is 19.2 Å². The number of carboxylic acid groups (broad SMARTS) is 1. The van der Waals surface area contributed by atoms with Crippen LogP contribution in [0.3, 0.4) is 0 Å². The highest BCUT2D eigenvalue weighted by atomic mass is 16.5.